The number of nitro benzene ring substituents is 1. The van der Waals surface area contributed by atoms with Crippen LogP contribution < -0.4 is 0 Å². The molecule has 0 amide bonds. The highest BCUT2D eigenvalue weighted by atomic mass is 32.2. The molecule has 29 heavy (non-hydrogen) atoms. The molecule has 0 N–H and O–H groups in total. The van der Waals surface area contributed by atoms with E-state index in [-0.39, 0.29) is 10.9 Å². The third-order valence-corrected chi connectivity index (χ3v) is 6.83. The molecule has 1 aliphatic heterocycles. The van der Waals surface area contributed by atoms with Crippen LogP contribution in [0.3, 0.4) is 0 Å². The molecule has 1 aromatic rings. The topological polar surface area (TPSA) is 122 Å². The second kappa shape index (κ2) is 9.97. The Balaban J connectivity index is 2.33. The lowest BCUT2D eigenvalue weighted by Gasteiger charge is -2.43. The van der Waals surface area contributed by atoms with Gasteiger partial charge in [-0.3, -0.25) is 24.5 Å². The highest BCUT2D eigenvalue weighted by Crippen LogP contribution is 2.45. The smallest absolute Gasteiger partial charge is 0.303 e. The lowest BCUT2D eigenvalue weighted by Crippen LogP contribution is -2.56. The van der Waals surface area contributed by atoms with E-state index in [0.29, 0.717) is 4.90 Å². The number of carbonyl (C=O) groups is 3. The Morgan fingerprint density at radius 3 is 1.90 bits per heavy atom. The van der Waals surface area contributed by atoms with Crippen LogP contribution in [0.4, 0.5) is 5.69 Å². The number of rotatable bonds is 6. The molecule has 0 saturated carbocycles. The van der Waals surface area contributed by atoms with Crippen molar-refractivity contribution in [3.8, 4) is 0 Å². The summed E-state index contributed by atoms with van der Waals surface area (Å²) in [5, 5.41) is 10.6. The van der Waals surface area contributed by atoms with Crippen LogP contribution in [0.25, 0.3) is 0 Å². The molecular weight excluding hydrogens is 422 g/mol. The van der Waals surface area contributed by atoms with Gasteiger partial charge in [0, 0.05) is 43.0 Å². The van der Waals surface area contributed by atoms with E-state index >= 15 is 0 Å². The molecule has 11 heteroatoms. The van der Waals surface area contributed by atoms with Gasteiger partial charge in [0.25, 0.3) is 5.69 Å². The minimum Gasteiger partial charge on any atom is -0.457 e. The Morgan fingerprint density at radius 1 is 0.931 bits per heavy atom. The second-order valence-corrected chi connectivity index (χ2v) is 9.34. The molecule has 0 bridgehead atoms. The molecule has 1 aromatic carbocycles. The molecule has 1 aliphatic rings. The summed E-state index contributed by atoms with van der Waals surface area (Å²) < 4.78 is 15.8. The number of hydrogen-bond acceptors (Lipinski definition) is 10. The van der Waals surface area contributed by atoms with Gasteiger partial charge in [-0.05, 0) is 19.1 Å². The number of non-ortho nitro benzene ring substituents is 1. The van der Waals surface area contributed by atoms with Gasteiger partial charge in [-0.15, -0.1) is 23.5 Å². The van der Waals surface area contributed by atoms with Gasteiger partial charge in [0.05, 0.1) is 9.51 Å². The number of hydrogen-bond donors (Lipinski definition) is 0. The van der Waals surface area contributed by atoms with E-state index in [1.807, 2.05) is 6.92 Å². The molecule has 2 rings (SSSR count). The zero-order valence-corrected chi connectivity index (χ0v) is 17.9. The lowest BCUT2D eigenvalue weighted by atomic mass is 10.0. The first-order valence-electron chi connectivity index (χ1n) is 8.66. The second-order valence-electron chi connectivity index (χ2n) is 6.30. The van der Waals surface area contributed by atoms with Crippen molar-refractivity contribution in [1.82, 2.24) is 0 Å². The fraction of sp³-hybridized carbons (Fsp3) is 0.500. The minimum atomic E-state index is -0.980. The van der Waals surface area contributed by atoms with Crippen LogP contribution in [0, 0.1) is 10.1 Å². The normalized spacial score (nSPS) is 26.3. The van der Waals surface area contributed by atoms with Gasteiger partial charge in [-0.25, -0.2) is 0 Å². The summed E-state index contributed by atoms with van der Waals surface area (Å²) in [5.74, 6) is -1.71. The average Bonchev–Trinajstić information content (AvgIpc) is 2.61. The van der Waals surface area contributed by atoms with Crippen molar-refractivity contribution in [2.45, 2.75) is 60.7 Å². The third-order valence-electron chi connectivity index (χ3n) is 3.93. The molecule has 1 heterocycles. The summed E-state index contributed by atoms with van der Waals surface area (Å²) in [5.41, 5.74) is -0.0386. The van der Waals surface area contributed by atoms with Gasteiger partial charge in [-0.2, -0.15) is 0 Å². The number of nitro groups is 1. The predicted octanol–water partition coefficient (Wildman–Crippen LogP) is 2.94. The van der Waals surface area contributed by atoms with Crippen molar-refractivity contribution in [2.75, 3.05) is 0 Å². The maximum Gasteiger partial charge on any atom is 0.303 e. The standard InChI is InChI=1S/C18H21NO8S2/c1-9-15(25-10(2)20)16(26-11(3)21)17(27-12(4)22)18(28-9)29-14-7-5-13(6-8-14)19(23)24/h5-9,15-18H,1-4H3/t9-,15+,16+,17-,18-/m0/s1. The van der Waals surface area contributed by atoms with Gasteiger partial charge < -0.3 is 14.2 Å². The predicted molar refractivity (Wildman–Crippen MR) is 106 cm³/mol. The number of ether oxygens (including phenoxy) is 3. The molecule has 5 atom stereocenters. The highest BCUT2D eigenvalue weighted by Gasteiger charge is 2.50. The molecule has 0 aromatic heterocycles. The van der Waals surface area contributed by atoms with E-state index in [9.17, 15) is 24.5 Å². The zero-order valence-electron chi connectivity index (χ0n) is 16.2. The van der Waals surface area contributed by atoms with Gasteiger partial charge in [0.15, 0.2) is 18.3 Å². The monoisotopic (exact) mass is 443 g/mol. The lowest BCUT2D eigenvalue weighted by molar-refractivity contribution is -0.384. The van der Waals surface area contributed by atoms with Crippen LogP contribution in [0.15, 0.2) is 29.2 Å². The SMILES string of the molecule is CC(=O)O[C@H]1[C@H](OC(C)=O)[C@H](Sc2ccc([N+](=O)[O-])cc2)S[C@@H](C)[C@H]1OC(C)=O. The molecule has 1 fully saturated rings. The summed E-state index contributed by atoms with van der Waals surface area (Å²) >= 11 is 2.73. The minimum absolute atomic E-state index is 0.0386. The first-order valence-corrected chi connectivity index (χ1v) is 10.5. The number of thioether (sulfide) groups is 2. The molecule has 1 saturated heterocycles. The van der Waals surface area contributed by atoms with E-state index in [1.165, 1.54) is 56.4 Å². The fourth-order valence-electron chi connectivity index (χ4n) is 2.85. The maximum atomic E-state index is 11.7. The first kappa shape index (κ1) is 23.0. The molecule has 9 nitrogen and oxygen atoms in total. The van der Waals surface area contributed by atoms with Crippen molar-refractivity contribution < 1.29 is 33.5 Å². The largest absolute Gasteiger partial charge is 0.457 e. The summed E-state index contributed by atoms with van der Waals surface area (Å²) in [6.07, 6.45) is -2.66. The van der Waals surface area contributed by atoms with Crippen molar-refractivity contribution in [3.05, 3.63) is 34.4 Å². The van der Waals surface area contributed by atoms with Crippen LogP contribution in [-0.4, -0.2) is 51.0 Å². The van der Waals surface area contributed by atoms with Crippen LogP contribution in [0.5, 0.6) is 0 Å². The van der Waals surface area contributed by atoms with Crippen LogP contribution in [-0.2, 0) is 28.6 Å². The average molecular weight is 443 g/mol. The van der Waals surface area contributed by atoms with E-state index < -0.39 is 45.7 Å². The maximum absolute atomic E-state index is 11.7. The number of nitrogens with zero attached hydrogens (tertiary/aromatic N) is 1. The number of esters is 3. The van der Waals surface area contributed by atoms with Gasteiger partial charge in [0.2, 0.25) is 0 Å². The molecule has 0 aliphatic carbocycles. The molecule has 0 spiro atoms. The quantitative estimate of drug-likeness (QED) is 0.281. The Kier molecular flexibility index (Phi) is 7.91. The van der Waals surface area contributed by atoms with E-state index in [2.05, 4.69) is 0 Å². The van der Waals surface area contributed by atoms with Crippen molar-refractivity contribution in [1.29, 1.82) is 0 Å². The molecule has 158 valence electrons. The Bertz CT molecular complexity index is 785. The zero-order chi connectivity index (χ0) is 21.7. The van der Waals surface area contributed by atoms with Crippen LogP contribution in [0.1, 0.15) is 27.7 Å². The molecule has 0 unspecified atom stereocenters. The van der Waals surface area contributed by atoms with Crippen LogP contribution in [0.2, 0.25) is 0 Å². The molecular formula is C18H21NO8S2. The summed E-state index contributed by atoms with van der Waals surface area (Å²) in [6.45, 7) is 5.53. The Labute approximate surface area is 176 Å². The summed E-state index contributed by atoms with van der Waals surface area (Å²) in [6, 6.07) is 5.95. The van der Waals surface area contributed by atoms with Crippen molar-refractivity contribution in [3.63, 3.8) is 0 Å². The van der Waals surface area contributed by atoms with E-state index in [1.54, 1.807) is 12.1 Å². The summed E-state index contributed by atoms with van der Waals surface area (Å²) in [4.78, 5) is 46.0. The van der Waals surface area contributed by atoms with Gasteiger partial charge in [-0.1, -0.05) is 0 Å². The Morgan fingerprint density at radius 2 is 1.41 bits per heavy atom. The number of benzene rings is 1. The van der Waals surface area contributed by atoms with Gasteiger partial charge >= 0.3 is 17.9 Å². The summed E-state index contributed by atoms with van der Waals surface area (Å²) in [7, 11) is 0. The Hall–Kier alpha value is -2.27. The van der Waals surface area contributed by atoms with E-state index in [0.717, 1.165) is 0 Å². The van der Waals surface area contributed by atoms with Crippen molar-refractivity contribution >= 4 is 47.1 Å². The van der Waals surface area contributed by atoms with Crippen molar-refractivity contribution in [2.24, 2.45) is 0 Å². The first-order chi connectivity index (χ1) is 13.6. The fourth-order valence-corrected chi connectivity index (χ4v) is 5.99. The third kappa shape index (κ3) is 6.36. The highest BCUT2D eigenvalue weighted by molar-refractivity contribution is 8.17. The van der Waals surface area contributed by atoms with E-state index in [4.69, 9.17) is 14.2 Å². The van der Waals surface area contributed by atoms with Gasteiger partial charge in [0.1, 0.15) is 0 Å². The number of carbonyl (C=O) groups excluding carboxylic acids is 3. The molecule has 0 radical (unpaired) electrons. The van der Waals surface area contributed by atoms with Crippen LogP contribution >= 0.6 is 23.5 Å².